The summed E-state index contributed by atoms with van der Waals surface area (Å²) in [5.74, 6) is -1.20. The molecule has 2 heterocycles. The Bertz CT molecular complexity index is 1050. The molecule has 10 heteroatoms. The lowest BCUT2D eigenvalue weighted by Crippen LogP contribution is -2.25. The van der Waals surface area contributed by atoms with Crippen LogP contribution in [0, 0.1) is 5.82 Å². The van der Waals surface area contributed by atoms with Crippen LogP contribution < -0.4 is 16.0 Å². The summed E-state index contributed by atoms with van der Waals surface area (Å²) in [5, 5.41) is 9.81. The molecule has 1 aromatic carbocycles. The second kappa shape index (κ2) is 9.79. The van der Waals surface area contributed by atoms with Crippen LogP contribution in [0.1, 0.15) is 30.3 Å². The van der Waals surface area contributed by atoms with E-state index in [-0.39, 0.29) is 35.5 Å². The molecular formula is C20H19FN4O4S. The molecule has 0 unspecified atom stereocenters. The number of anilines is 2. The van der Waals surface area contributed by atoms with Crippen LogP contribution in [0.5, 0.6) is 0 Å². The Morgan fingerprint density at radius 2 is 2.03 bits per heavy atom. The number of carbonyl (C=O) groups is 3. The number of thiazole rings is 1. The van der Waals surface area contributed by atoms with Crippen LogP contribution in [-0.2, 0) is 9.59 Å². The van der Waals surface area contributed by atoms with E-state index < -0.39 is 5.82 Å². The lowest BCUT2D eigenvalue weighted by Gasteiger charge is -2.05. The van der Waals surface area contributed by atoms with Crippen LogP contribution in [0.4, 0.5) is 15.2 Å². The van der Waals surface area contributed by atoms with Gasteiger partial charge >= 0.3 is 0 Å². The van der Waals surface area contributed by atoms with Gasteiger partial charge in [-0.05, 0) is 36.8 Å². The van der Waals surface area contributed by atoms with Crippen molar-refractivity contribution in [3.8, 4) is 11.3 Å². The summed E-state index contributed by atoms with van der Waals surface area (Å²) in [4.78, 5) is 39.1. The van der Waals surface area contributed by atoms with Crippen LogP contribution in [0.15, 0.2) is 46.4 Å². The van der Waals surface area contributed by atoms with Crippen molar-refractivity contribution >= 4 is 39.9 Å². The zero-order valence-corrected chi connectivity index (χ0v) is 16.8. The van der Waals surface area contributed by atoms with Crippen LogP contribution in [0.25, 0.3) is 11.3 Å². The van der Waals surface area contributed by atoms with Gasteiger partial charge in [-0.25, -0.2) is 9.37 Å². The van der Waals surface area contributed by atoms with Gasteiger partial charge in [-0.2, -0.15) is 0 Å². The molecule has 0 atom stereocenters. The molecule has 156 valence electrons. The molecule has 0 bridgehead atoms. The third kappa shape index (κ3) is 5.74. The van der Waals surface area contributed by atoms with E-state index in [4.69, 9.17) is 4.42 Å². The average molecular weight is 430 g/mol. The van der Waals surface area contributed by atoms with Gasteiger partial charge < -0.3 is 20.4 Å². The van der Waals surface area contributed by atoms with Gasteiger partial charge in [-0.3, -0.25) is 14.4 Å². The van der Waals surface area contributed by atoms with E-state index in [0.717, 1.165) is 0 Å². The van der Waals surface area contributed by atoms with Gasteiger partial charge in [0.25, 0.3) is 5.91 Å². The van der Waals surface area contributed by atoms with Crippen molar-refractivity contribution in [3.05, 3.63) is 53.6 Å². The zero-order valence-electron chi connectivity index (χ0n) is 16.0. The predicted octanol–water partition coefficient (Wildman–Crippen LogP) is 3.65. The van der Waals surface area contributed by atoms with Gasteiger partial charge in [0.05, 0.1) is 12.0 Å². The zero-order chi connectivity index (χ0) is 21.5. The molecule has 0 spiro atoms. The van der Waals surface area contributed by atoms with E-state index in [9.17, 15) is 18.8 Å². The number of amides is 3. The number of halogens is 1. The van der Waals surface area contributed by atoms with E-state index in [1.807, 2.05) is 0 Å². The molecule has 8 nitrogen and oxygen atoms in total. The fourth-order valence-corrected chi connectivity index (χ4v) is 3.31. The third-order valence-corrected chi connectivity index (χ3v) is 4.68. The standard InChI is InChI=1S/C20H19FN4O4S/c1-12(26)23-13-6-7-14(15(21)10-13)16-11-30-20(24-16)25-18(27)5-2-8-22-19(28)17-4-3-9-29-17/h3-4,6-7,9-11H,2,5,8H2,1H3,(H,22,28)(H,23,26)(H,24,25,27). The van der Waals surface area contributed by atoms with Gasteiger partial charge in [-0.1, -0.05) is 0 Å². The molecule has 3 N–H and O–H groups in total. The maximum atomic E-state index is 14.3. The smallest absolute Gasteiger partial charge is 0.286 e. The summed E-state index contributed by atoms with van der Waals surface area (Å²) in [6, 6.07) is 7.48. The molecule has 0 fully saturated rings. The summed E-state index contributed by atoms with van der Waals surface area (Å²) in [6.07, 6.45) is 2.04. The van der Waals surface area contributed by atoms with Crippen molar-refractivity contribution in [1.29, 1.82) is 0 Å². The van der Waals surface area contributed by atoms with Crippen LogP contribution >= 0.6 is 11.3 Å². The van der Waals surface area contributed by atoms with Crippen molar-refractivity contribution in [1.82, 2.24) is 10.3 Å². The van der Waals surface area contributed by atoms with Gasteiger partial charge in [0.1, 0.15) is 5.82 Å². The van der Waals surface area contributed by atoms with E-state index in [2.05, 4.69) is 20.9 Å². The number of nitrogens with one attached hydrogen (secondary N) is 3. The van der Waals surface area contributed by atoms with Gasteiger partial charge in [0, 0.05) is 36.5 Å². The maximum absolute atomic E-state index is 14.3. The number of benzene rings is 1. The molecular weight excluding hydrogens is 411 g/mol. The first-order valence-corrected chi connectivity index (χ1v) is 9.95. The van der Waals surface area contributed by atoms with Gasteiger partial charge in [-0.15, -0.1) is 11.3 Å². The molecule has 3 aromatic rings. The normalized spacial score (nSPS) is 10.5. The Balaban J connectivity index is 1.48. The number of carbonyl (C=O) groups excluding carboxylic acids is 3. The van der Waals surface area contributed by atoms with Crippen molar-refractivity contribution in [3.63, 3.8) is 0 Å². The van der Waals surface area contributed by atoms with Crippen molar-refractivity contribution < 1.29 is 23.2 Å². The quantitative estimate of drug-likeness (QED) is 0.472. The van der Waals surface area contributed by atoms with Crippen molar-refractivity contribution in [2.75, 3.05) is 17.2 Å². The number of hydrogen-bond donors (Lipinski definition) is 3. The molecule has 3 amide bonds. The summed E-state index contributed by atoms with van der Waals surface area (Å²) in [5.41, 5.74) is 1.00. The number of aromatic nitrogens is 1. The highest BCUT2D eigenvalue weighted by atomic mass is 32.1. The second-order valence-electron chi connectivity index (χ2n) is 6.30. The molecule has 0 saturated heterocycles. The Morgan fingerprint density at radius 1 is 1.20 bits per heavy atom. The van der Waals surface area contributed by atoms with Gasteiger partial charge in [0.15, 0.2) is 10.9 Å². The van der Waals surface area contributed by atoms with E-state index >= 15 is 0 Å². The Morgan fingerprint density at radius 3 is 2.73 bits per heavy atom. The molecule has 0 aliphatic carbocycles. The highest BCUT2D eigenvalue weighted by Crippen LogP contribution is 2.28. The van der Waals surface area contributed by atoms with Crippen molar-refractivity contribution in [2.45, 2.75) is 19.8 Å². The fourth-order valence-electron chi connectivity index (χ4n) is 2.59. The monoisotopic (exact) mass is 430 g/mol. The summed E-state index contributed by atoms with van der Waals surface area (Å²) < 4.78 is 19.3. The Labute approximate surface area is 175 Å². The van der Waals surface area contributed by atoms with Crippen molar-refractivity contribution in [2.24, 2.45) is 0 Å². The summed E-state index contributed by atoms with van der Waals surface area (Å²) in [7, 11) is 0. The number of hydrogen-bond acceptors (Lipinski definition) is 6. The molecule has 0 radical (unpaired) electrons. The Kier molecular flexibility index (Phi) is 6.91. The first-order chi connectivity index (χ1) is 14.4. The second-order valence-corrected chi connectivity index (χ2v) is 7.16. The lowest BCUT2D eigenvalue weighted by molar-refractivity contribution is -0.116. The van der Waals surface area contributed by atoms with Crippen LogP contribution in [0.2, 0.25) is 0 Å². The first kappa shape index (κ1) is 21.2. The highest BCUT2D eigenvalue weighted by molar-refractivity contribution is 7.14. The molecule has 2 aromatic heterocycles. The fraction of sp³-hybridized carbons (Fsp3) is 0.200. The lowest BCUT2D eigenvalue weighted by atomic mass is 10.1. The summed E-state index contributed by atoms with van der Waals surface area (Å²) >= 11 is 1.18. The van der Waals surface area contributed by atoms with E-state index in [0.29, 0.717) is 29.5 Å². The molecule has 0 aliphatic rings. The highest BCUT2D eigenvalue weighted by Gasteiger charge is 2.13. The molecule has 30 heavy (non-hydrogen) atoms. The van der Waals surface area contributed by atoms with Crippen LogP contribution in [0.3, 0.4) is 0 Å². The number of nitrogens with zero attached hydrogens (tertiary/aromatic N) is 1. The average Bonchev–Trinajstić information content (AvgIpc) is 3.37. The largest absolute Gasteiger partial charge is 0.459 e. The first-order valence-electron chi connectivity index (χ1n) is 9.07. The van der Waals surface area contributed by atoms with E-state index in [1.165, 1.54) is 36.7 Å². The molecule has 0 aliphatic heterocycles. The van der Waals surface area contributed by atoms with Crippen LogP contribution in [-0.4, -0.2) is 29.3 Å². The SMILES string of the molecule is CC(=O)Nc1ccc(-c2csc(NC(=O)CCCNC(=O)c3ccco3)n2)c(F)c1. The minimum absolute atomic E-state index is 0.188. The topological polar surface area (TPSA) is 113 Å². The minimum atomic E-state index is -0.531. The molecule has 3 rings (SSSR count). The van der Waals surface area contributed by atoms with Gasteiger partial charge in [0.2, 0.25) is 11.8 Å². The maximum Gasteiger partial charge on any atom is 0.286 e. The minimum Gasteiger partial charge on any atom is -0.459 e. The predicted molar refractivity (Wildman–Crippen MR) is 111 cm³/mol. The number of rotatable bonds is 8. The van der Waals surface area contributed by atoms with E-state index in [1.54, 1.807) is 23.6 Å². The number of furan rings is 1. The third-order valence-electron chi connectivity index (χ3n) is 3.93. The Hall–Kier alpha value is -3.53. The summed E-state index contributed by atoms with van der Waals surface area (Å²) in [6.45, 7) is 1.66. The molecule has 0 saturated carbocycles.